The van der Waals surface area contributed by atoms with Crippen LogP contribution in [0.15, 0.2) is 0 Å². The summed E-state index contributed by atoms with van der Waals surface area (Å²) in [7, 11) is 3.10. The molecule has 1 rings (SSSR count). The minimum atomic E-state index is -0.773. The number of carbonyl (C=O) groups is 2. The summed E-state index contributed by atoms with van der Waals surface area (Å²) in [6.45, 7) is 0.749. The van der Waals surface area contributed by atoms with E-state index < -0.39 is 5.97 Å². The van der Waals surface area contributed by atoms with E-state index in [4.69, 9.17) is 9.84 Å². The number of carbonyl (C=O) groups excluding carboxylic acids is 1. The molecule has 5 nitrogen and oxygen atoms in total. The molecule has 0 heterocycles. The van der Waals surface area contributed by atoms with Gasteiger partial charge in [0.2, 0.25) is 5.91 Å². The minimum Gasteiger partial charge on any atom is -0.481 e. The van der Waals surface area contributed by atoms with E-state index in [1.807, 2.05) is 0 Å². The first-order chi connectivity index (χ1) is 9.18. The second-order valence-corrected chi connectivity index (χ2v) is 7.06. The zero-order valence-corrected chi connectivity index (χ0v) is 12.6. The maximum absolute atomic E-state index is 11.4. The molecule has 0 spiro atoms. The van der Waals surface area contributed by atoms with Crippen molar-refractivity contribution in [2.45, 2.75) is 38.2 Å². The van der Waals surface area contributed by atoms with Crippen LogP contribution in [0.5, 0.6) is 0 Å². The third kappa shape index (κ3) is 9.18. The highest BCUT2D eigenvalue weighted by atomic mass is 33.1. The van der Waals surface area contributed by atoms with Gasteiger partial charge in [0.25, 0.3) is 0 Å². The van der Waals surface area contributed by atoms with Crippen molar-refractivity contribution in [3.63, 3.8) is 0 Å². The summed E-state index contributed by atoms with van der Waals surface area (Å²) in [5.74, 6) is 0.534. The Labute approximate surface area is 121 Å². The largest absolute Gasteiger partial charge is 0.481 e. The van der Waals surface area contributed by atoms with E-state index >= 15 is 0 Å². The van der Waals surface area contributed by atoms with Gasteiger partial charge in [-0.15, -0.1) is 0 Å². The lowest BCUT2D eigenvalue weighted by molar-refractivity contribution is -0.136. The highest BCUT2D eigenvalue weighted by Crippen LogP contribution is 2.21. The van der Waals surface area contributed by atoms with Crippen LogP contribution in [0.1, 0.15) is 32.1 Å². The highest BCUT2D eigenvalue weighted by molar-refractivity contribution is 8.76. The van der Waals surface area contributed by atoms with Gasteiger partial charge in [-0.2, -0.15) is 0 Å². The molecule has 110 valence electrons. The van der Waals surface area contributed by atoms with E-state index in [-0.39, 0.29) is 25.0 Å². The van der Waals surface area contributed by atoms with Crippen molar-refractivity contribution >= 4 is 33.5 Å². The van der Waals surface area contributed by atoms with Crippen LogP contribution in [0.4, 0.5) is 0 Å². The predicted molar refractivity (Wildman–Crippen MR) is 78.4 cm³/mol. The van der Waals surface area contributed by atoms with E-state index in [0.29, 0.717) is 12.3 Å². The molecule has 1 amide bonds. The van der Waals surface area contributed by atoms with E-state index in [0.717, 1.165) is 18.6 Å². The van der Waals surface area contributed by atoms with Gasteiger partial charge >= 0.3 is 5.97 Å². The molecule has 0 saturated heterocycles. The number of amides is 1. The fraction of sp³-hybridized carbons (Fsp3) is 0.833. The number of hydrogen-bond donors (Lipinski definition) is 2. The molecule has 0 aliphatic heterocycles. The molecule has 0 unspecified atom stereocenters. The molecule has 0 aromatic carbocycles. The molecule has 0 aromatic heterocycles. The standard InChI is InChI=1S/C12H21NO4S2/c14-11(9-17-10-3-1-2-4-10)13-6-8-19-18-7-5-12(15)16/h10H,1-9H2,(H,13,14)(H,15,16). The smallest absolute Gasteiger partial charge is 0.304 e. The normalized spacial score (nSPS) is 15.6. The number of ether oxygens (including phenoxy) is 1. The van der Waals surface area contributed by atoms with E-state index in [1.165, 1.54) is 23.6 Å². The zero-order chi connectivity index (χ0) is 13.9. The molecule has 1 aliphatic carbocycles. The third-order valence-electron chi connectivity index (χ3n) is 2.74. The molecular weight excluding hydrogens is 286 g/mol. The number of rotatable bonds is 10. The van der Waals surface area contributed by atoms with Crippen LogP contribution >= 0.6 is 21.6 Å². The first kappa shape index (κ1) is 16.7. The molecule has 0 aromatic rings. The molecule has 7 heteroatoms. The Balaban J connectivity index is 1.85. The molecular formula is C12H21NO4S2. The molecule has 19 heavy (non-hydrogen) atoms. The second kappa shape index (κ2) is 10.4. The Bertz CT molecular complexity index is 283. The quantitative estimate of drug-likeness (QED) is 0.474. The fourth-order valence-corrected chi connectivity index (χ4v) is 3.66. The Morgan fingerprint density at radius 1 is 1.21 bits per heavy atom. The van der Waals surface area contributed by atoms with Crippen LogP contribution in [0, 0.1) is 0 Å². The van der Waals surface area contributed by atoms with Crippen molar-refractivity contribution in [1.82, 2.24) is 5.32 Å². The Hall–Kier alpha value is -0.400. The number of nitrogens with one attached hydrogen (secondary N) is 1. The number of aliphatic carboxylic acids is 1. The highest BCUT2D eigenvalue weighted by Gasteiger charge is 2.16. The number of carboxylic acid groups (broad SMARTS) is 1. The second-order valence-electron chi connectivity index (χ2n) is 4.36. The van der Waals surface area contributed by atoms with Crippen LogP contribution in [0.2, 0.25) is 0 Å². The summed E-state index contributed by atoms with van der Waals surface area (Å²) in [5.41, 5.74) is 0. The minimum absolute atomic E-state index is 0.0666. The molecule has 0 bridgehead atoms. The molecule has 0 radical (unpaired) electrons. The lowest BCUT2D eigenvalue weighted by Gasteiger charge is -2.10. The SMILES string of the molecule is O=C(O)CCSSCCNC(=O)COC1CCCC1. The van der Waals surface area contributed by atoms with Gasteiger partial charge in [0, 0.05) is 18.1 Å². The van der Waals surface area contributed by atoms with E-state index in [1.54, 1.807) is 10.8 Å². The Morgan fingerprint density at radius 2 is 1.89 bits per heavy atom. The van der Waals surface area contributed by atoms with Crippen LogP contribution in [0.3, 0.4) is 0 Å². The van der Waals surface area contributed by atoms with Crippen LogP contribution in [0.25, 0.3) is 0 Å². The van der Waals surface area contributed by atoms with Gasteiger partial charge in [-0.05, 0) is 12.8 Å². The lowest BCUT2D eigenvalue weighted by atomic mass is 10.3. The van der Waals surface area contributed by atoms with Gasteiger partial charge in [-0.1, -0.05) is 34.4 Å². The van der Waals surface area contributed by atoms with Crippen molar-refractivity contribution in [3.8, 4) is 0 Å². The maximum Gasteiger partial charge on any atom is 0.304 e. The van der Waals surface area contributed by atoms with Gasteiger partial charge in [-0.3, -0.25) is 9.59 Å². The first-order valence-electron chi connectivity index (χ1n) is 6.53. The summed E-state index contributed by atoms with van der Waals surface area (Å²) < 4.78 is 5.50. The van der Waals surface area contributed by atoms with Crippen LogP contribution in [-0.2, 0) is 14.3 Å². The summed E-state index contributed by atoms with van der Waals surface area (Å²) >= 11 is 0. The summed E-state index contributed by atoms with van der Waals surface area (Å²) in [6, 6.07) is 0. The van der Waals surface area contributed by atoms with Gasteiger partial charge in [0.15, 0.2) is 0 Å². The summed E-state index contributed by atoms with van der Waals surface area (Å²) in [4.78, 5) is 21.7. The third-order valence-corrected chi connectivity index (χ3v) is 5.15. The lowest BCUT2D eigenvalue weighted by Crippen LogP contribution is -2.30. The van der Waals surface area contributed by atoms with Crippen molar-refractivity contribution in [2.24, 2.45) is 0 Å². The van der Waals surface area contributed by atoms with Crippen LogP contribution < -0.4 is 5.32 Å². The number of hydrogen-bond acceptors (Lipinski definition) is 5. The monoisotopic (exact) mass is 307 g/mol. The average Bonchev–Trinajstić information content (AvgIpc) is 2.88. The van der Waals surface area contributed by atoms with Crippen molar-refractivity contribution in [1.29, 1.82) is 0 Å². The topological polar surface area (TPSA) is 75.6 Å². The summed E-state index contributed by atoms with van der Waals surface area (Å²) in [5, 5.41) is 11.2. The van der Waals surface area contributed by atoms with E-state index in [9.17, 15) is 9.59 Å². The molecule has 1 fully saturated rings. The van der Waals surface area contributed by atoms with Gasteiger partial charge in [0.1, 0.15) is 6.61 Å². The van der Waals surface area contributed by atoms with Gasteiger partial charge in [0.05, 0.1) is 12.5 Å². The predicted octanol–water partition coefficient (Wildman–Crippen LogP) is 1.92. The zero-order valence-electron chi connectivity index (χ0n) is 10.9. The summed E-state index contributed by atoms with van der Waals surface area (Å²) in [6.07, 6.45) is 5.01. The van der Waals surface area contributed by atoms with E-state index in [2.05, 4.69) is 5.32 Å². The number of carboxylic acids is 1. The van der Waals surface area contributed by atoms with Crippen molar-refractivity contribution in [2.75, 3.05) is 24.7 Å². The van der Waals surface area contributed by atoms with Gasteiger partial charge < -0.3 is 15.2 Å². The average molecular weight is 307 g/mol. The van der Waals surface area contributed by atoms with Crippen molar-refractivity contribution < 1.29 is 19.4 Å². The first-order valence-corrected chi connectivity index (χ1v) is 9.02. The van der Waals surface area contributed by atoms with Crippen molar-refractivity contribution in [3.05, 3.63) is 0 Å². The Kier molecular flexibility index (Phi) is 9.11. The van der Waals surface area contributed by atoms with Gasteiger partial charge in [-0.25, -0.2) is 0 Å². The molecule has 1 aliphatic rings. The molecule has 1 saturated carbocycles. The molecule has 2 N–H and O–H groups in total. The molecule has 0 atom stereocenters. The Morgan fingerprint density at radius 3 is 2.58 bits per heavy atom. The fourth-order valence-electron chi connectivity index (χ4n) is 1.78. The van der Waals surface area contributed by atoms with Crippen LogP contribution in [-0.4, -0.2) is 47.7 Å². The maximum atomic E-state index is 11.4.